The van der Waals surface area contributed by atoms with Gasteiger partial charge in [0.15, 0.2) is 5.82 Å². The topological polar surface area (TPSA) is 92.0 Å². The molecular weight excluding hydrogens is 292 g/mol. The number of aromatic nitrogens is 2. The van der Waals surface area contributed by atoms with Crippen molar-refractivity contribution in [2.75, 3.05) is 5.73 Å². The summed E-state index contributed by atoms with van der Waals surface area (Å²) in [4.78, 5) is 19.3. The molecule has 0 spiro atoms. The molecule has 7 heteroatoms. The van der Waals surface area contributed by atoms with Crippen molar-refractivity contribution in [2.24, 2.45) is 0 Å². The second-order valence-corrected chi connectivity index (χ2v) is 4.75. The van der Waals surface area contributed by atoms with Gasteiger partial charge in [-0.2, -0.15) is 0 Å². The van der Waals surface area contributed by atoms with E-state index in [1.807, 2.05) is 0 Å². The lowest BCUT2D eigenvalue weighted by molar-refractivity contribution is 0.103. The summed E-state index contributed by atoms with van der Waals surface area (Å²) in [6.07, 6.45) is 2.76. The van der Waals surface area contributed by atoms with Crippen LogP contribution < -0.4 is 5.73 Å². The summed E-state index contributed by atoms with van der Waals surface area (Å²) in [7, 11) is 0. The zero-order valence-corrected chi connectivity index (χ0v) is 11.2. The highest BCUT2D eigenvalue weighted by molar-refractivity contribution is 6.16. The van der Waals surface area contributed by atoms with E-state index in [4.69, 9.17) is 10.8 Å². The second-order valence-electron chi connectivity index (χ2n) is 4.75. The summed E-state index contributed by atoms with van der Waals surface area (Å²) >= 11 is 0. The van der Waals surface area contributed by atoms with Gasteiger partial charge < -0.3 is 15.8 Å². The van der Waals surface area contributed by atoms with Crippen molar-refractivity contribution in [3.8, 4) is 0 Å². The number of anilines is 1. The Kier molecular flexibility index (Phi) is 3.34. The third kappa shape index (κ3) is 2.11. The van der Waals surface area contributed by atoms with Gasteiger partial charge in [0.1, 0.15) is 11.5 Å². The van der Waals surface area contributed by atoms with E-state index in [1.165, 1.54) is 18.5 Å². The van der Waals surface area contributed by atoms with E-state index in [0.717, 1.165) is 12.1 Å². The van der Waals surface area contributed by atoms with Crippen molar-refractivity contribution < 1.29 is 18.7 Å². The van der Waals surface area contributed by atoms with Crippen molar-refractivity contribution in [1.29, 1.82) is 0 Å². The predicted octanol–water partition coefficient (Wildman–Crippen LogP) is 2.15. The van der Waals surface area contributed by atoms with Gasteiger partial charge in [0, 0.05) is 23.3 Å². The lowest BCUT2D eigenvalue weighted by Crippen LogP contribution is -2.09. The number of hydrogen-bond acceptors (Lipinski definition) is 4. The van der Waals surface area contributed by atoms with Crippen LogP contribution in [0.3, 0.4) is 0 Å². The fourth-order valence-corrected chi connectivity index (χ4v) is 2.23. The van der Waals surface area contributed by atoms with Crippen molar-refractivity contribution in [2.45, 2.75) is 6.61 Å². The summed E-state index contributed by atoms with van der Waals surface area (Å²) in [6.45, 7) is -0.261. The van der Waals surface area contributed by atoms with Crippen molar-refractivity contribution >= 4 is 22.5 Å². The van der Waals surface area contributed by atoms with Crippen LogP contribution in [0.25, 0.3) is 11.0 Å². The molecule has 22 heavy (non-hydrogen) atoms. The Balaban J connectivity index is 2.20. The molecule has 1 aromatic carbocycles. The largest absolute Gasteiger partial charge is 0.396 e. The highest BCUT2D eigenvalue weighted by Crippen LogP contribution is 2.25. The molecular formula is C15H11F2N3O2. The molecule has 0 saturated heterocycles. The number of rotatable bonds is 3. The minimum Gasteiger partial charge on any atom is -0.396 e. The Morgan fingerprint density at radius 3 is 2.86 bits per heavy atom. The Labute approximate surface area is 123 Å². The standard InChI is InChI=1S/C15H11F2N3O2/c16-10-1-2-11(18)13(17)12(10)14(22)9-5-20-15-8(9)3-7(6-21)4-19-15/h1-5,21H,6,18H2,(H,19,20). The highest BCUT2D eigenvalue weighted by Gasteiger charge is 2.23. The first-order valence-electron chi connectivity index (χ1n) is 6.38. The molecule has 0 atom stereocenters. The SMILES string of the molecule is Nc1ccc(F)c(C(=O)c2c[nH]c3ncc(CO)cc23)c1F. The molecule has 2 heterocycles. The van der Waals surface area contributed by atoms with Gasteiger partial charge in [-0.3, -0.25) is 4.79 Å². The molecule has 4 N–H and O–H groups in total. The first-order valence-corrected chi connectivity index (χ1v) is 6.38. The molecule has 0 aliphatic carbocycles. The molecule has 0 fully saturated rings. The molecule has 5 nitrogen and oxygen atoms in total. The van der Waals surface area contributed by atoms with Gasteiger partial charge in [-0.1, -0.05) is 0 Å². The molecule has 0 aliphatic heterocycles. The van der Waals surface area contributed by atoms with E-state index in [-0.39, 0.29) is 17.9 Å². The number of nitrogen functional groups attached to an aromatic ring is 1. The summed E-state index contributed by atoms with van der Waals surface area (Å²) < 4.78 is 27.8. The summed E-state index contributed by atoms with van der Waals surface area (Å²) in [5.41, 5.74) is 5.29. The number of carbonyl (C=O) groups excluding carboxylic acids is 1. The van der Waals surface area contributed by atoms with Gasteiger partial charge in [0.25, 0.3) is 0 Å². The number of H-pyrrole nitrogens is 1. The molecule has 0 bridgehead atoms. The van der Waals surface area contributed by atoms with Crippen molar-refractivity contribution in [3.05, 3.63) is 58.9 Å². The van der Waals surface area contributed by atoms with Gasteiger partial charge >= 0.3 is 0 Å². The molecule has 0 amide bonds. The van der Waals surface area contributed by atoms with Gasteiger partial charge in [0.05, 0.1) is 17.9 Å². The molecule has 0 unspecified atom stereocenters. The van der Waals surface area contributed by atoms with Gasteiger partial charge in [-0.15, -0.1) is 0 Å². The quantitative estimate of drug-likeness (QED) is 0.510. The third-order valence-corrected chi connectivity index (χ3v) is 3.36. The average molecular weight is 303 g/mol. The predicted molar refractivity (Wildman–Crippen MR) is 76.2 cm³/mol. The number of nitrogens with two attached hydrogens (primary N) is 1. The van der Waals surface area contributed by atoms with Crippen LogP contribution in [0.4, 0.5) is 14.5 Å². The van der Waals surface area contributed by atoms with Crippen molar-refractivity contribution in [1.82, 2.24) is 9.97 Å². The van der Waals surface area contributed by atoms with E-state index < -0.39 is 23.0 Å². The van der Waals surface area contributed by atoms with E-state index in [2.05, 4.69) is 9.97 Å². The number of ketones is 1. The number of aromatic amines is 1. The number of pyridine rings is 1. The molecule has 0 saturated carbocycles. The number of nitrogens with zero attached hydrogens (tertiary/aromatic N) is 1. The summed E-state index contributed by atoms with van der Waals surface area (Å²) in [5.74, 6) is -2.92. The second kappa shape index (κ2) is 5.19. The van der Waals surface area contributed by atoms with Gasteiger partial charge in [-0.05, 0) is 23.8 Å². The monoisotopic (exact) mass is 303 g/mol. The summed E-state index contributed by atoms with van der Waals surface area (Å²) in [5, 5.41) is 9.51. The van der Waals surface area contributed by atoms with Crippen LogP contribution in [0.5, 0.6) is 0 Å². The Bertz CT molecular complexity index is 890. The van der Waals surface area contributed by atoms with E-state index in [0.29, 0.717) is 16.6 Å². The van der Waals surface area contributed by atoms with Crippen LogP contribution >= 0.6 is 0 Å². The molecule has 0 aliphatic rings. The Morgan fingerprint density at radius 1 is 1.36 bits per heavy atom. The zero-order valence-electron chi connectivity index (χ0n) is 11.2. The molecule has 3 rings (SSSR count). The number of carbonyl (C=O) groups is 1. The average Bonchev–Trinajstić information content (AvgIpc) is 2.94. The van der Waals surface area contributed by atoms with Crippen LogP contribution in [0.1, 0.15) is 21.5 Å². The maximum absolute atomic E-state index is 14.0. The number of nitrogens with one attached hydrogen (secondary N) is 1. The van der Waals surface area contributed by atoms with Crippen LogP contribution in [-0.2, 0) is 6.61 Å². The lowest BCUT2D eigenvalue weighted by atomic mass is 10.0. The summed E-state index contributed by atoms with van der Waals surface area (Å²) in [6, 6.07) is 3.54. The number of fused-ring (bicyclic) bond motifs is 1. The van der Waals surface area contributed by atoms with Crippen LogP contribution in [0.15, 0.2) is 30.6 Å². The van der Waals surface area contributed by atoms with Crippen molar-refractivity contribution in [3.63, 3.8) is 0 Å². The number of hydrogen-bond donors (Lipinski definition) is 3. The Hall–Kier alpha value is -2.80. The first-order chi connectivity index (χ1) is 10.5. The Morgan fingerprint density at radius 2 is 2.14 bits per heavy atom. The van der Waals surface area contributed by atoms with E-state index >= 15 is 0 Å². The van der Waals surface area contributed by atoms with Crippen LogP contribution in [0, 0.1) is 11.6 Å². The molecule has 3 aromatic rings. The maximum atomic E-state index is 14.0. The lowest BCUT2D eigenvalue weighted by Gasteiger charge is -2.06. The highest BCUT2D eigenvalue weighted by atomic mass is 19.1. The zero-order chi connectivity index (χ0) is 15.9. The molecule has 112 valence electrons. The number of benzene rings is 1. The number of aliphatic hydroxyl groups excluding tert-OH is 1. The molecule has 2 aromatic heterocycles. The smallest absolute Gasteiger partial charge is 0.201 e. The van der Waals surface area contributed by atoms with Gasteiger partial charge in [0.2, 0.25) is 5.78 Å². The van der Waals surface area contributed by atoms with Crippen LogP contribution in [0.2, 0.25) is 0 Å². The minimum absolute atomic E-state index is 0.0567. The first kappa shape index (κ1) is 14.2. The number of aliphatic hydroxyl groups is 1. The normalized spacial score (nSPS) is 11.0. The molecule has 0 radical (unpaired) electrons. The fourth-order valence-electron chi connectivity index (χ4n) is 2.23. The van der Waals surface area contributed by atoms with Gasteiger partial charge in [-0.25, -0.2) is 13.8 Å². The maximum Gasteiger partial charge on any atom is 0.201 e. The van der Waals surface area contributed by atoms with Crippen LogP contribution in [-0.4, -0.2) is 20.9 Å². The minimum atomic E-state index is -1.09. The van der Waals surface area contributed by atoms with E-state index in [1.54, 1.807) is 0 Å². The third-order valence-electron chi connectivity index (χ3n) is 3.36. The number of halogens is 2. The fraction of sp³-hybridized carbons (Fsp3) is 0.0667. The van der Waals surface area contributed by atoms with E-state index in [9.17, 15) is 13.6 Å².